The number of hydrogen-bond acceptors (Lipinski definition) is 4. The van der Waals surface area contributed by atoms with Gasteiger partial charge in [-0.15, -0.1) is 11.3 Å². The first kappa shape index (κ1) is 20.2. The zero-order chi connectivity index (χ0) is 20.4. The maximum absolute atomic E-state index is 12.9. The zero-order valence-corrected chi connectivity index (χ0v) is 18.3. The Bertz CT molecular complexity index is 1010. The summed E-state index contributed by atoms with van der Waals surface area (Å²) in [7, 11) is 1.67. The van der Waals surface area contributed by atoms with Gasteiger partial charge in [0.15, 0.2) is 0 Å². The minimum absolute atomic E-state index is 0.105. The van der Waals surface area contributed by atoms with Crippen LogP contribution in [0.3, 0.4) is 0 Å². The van der Waals surface area contributed by atoms with E-state index in [0.717, 1.165) is 34.5 Å². The summed E-state index contributed by atoms with van der Waals surface area (Å²) >= 11 is 7.98. The molecule has 29 heavy (non-hydrogen) atoms. The van der Waals surface area contributed by atoms with E-state index in [4.69, 9.17) is 16.3 Å². The number of aryl methyl sites for hydroxylation is 1. The van der Waals surface area contributed by atoms with Gasteiger partial charge >= 0.3 is 0 Å². The number of benzene rings is 2. The first-order valence-electron chi connectivity index (χ1n) is 9.91. The fraction of sp³-hybridized carbons (Fsp3) is 0.348. The van der Waals surface area contributed by atoms with Crippen molar-refractivity contribution >= 4 is 38.9 Å². The molecule has 0 radical (unpaired) electrons. The van der Waals surface area contributed by atoms with E-state index < -0.39 is 0 Å². The molecular weight excluding hydrogens is 404 g/mol. The molecule has 152 valence electrons. The lowest BCUT2D eigenvalue weighted by molar-refractivity contribution is 0.0942. The molecule has 0 saturated carbocycles. The standard InChI is InChI=1S/C23H25ClN2O2S/c1-15-5-10-18-20(13-15)29-22(21(18)24)23(27)25-14-19(26-11-3-4-12-26)16-6-8-17(28-2)9-7-16/h5-10,13,19H,3-4,11-12,14H2,1-2H3,(H,25,27)/t19-/m0/s1. The van der Waals surface area contributed by atoms with Crippen molar-refractivity contribution < 1.29 is 9.53 Å². The second-order valence-electron chi connectivity index (χ2n) is 7.49. The van der Waals surface area contributed by atoms with E-state index in [2.05, 4.69) is 28.4 Å². The van der Waals surface area contributed by atoms with E-state index in [-0.39, 0.29) is 11.9 Å². The summed E-state index contributed by atoms with van der Waals surface area (Å²) < 4.78 is 6.33. The molecule has 2 heterocycles. The van der Waals surface area contributed by atoms with Crippen molar-refractivity contribution in [2.45, 2.75) is 25.8 Å². The van der Waals surface area contributed by atoms with Gasteiger partial charge < -0.3 is 10.1 Å². The minimum atomic E-state index is -0.105. The Morgan fingerprint density at radius 3 is 2.62 bits per heavy atom. The van der Waals surface area contributed by atoms with Crippen LogP contribution < -0.4 is 10.1 Å². The molecule has 6 heteroatoms. The molecule has 3 aromatic rings. The molecule has 0 aliphatic carbocycles. The third-order valence-corrected chi connectivity index (χ3v) is 7.19. The van der Waals surface area contributed by atoms with E-state index in [1.54, 1.807) is 7.11 Å². The normalized spacial score (nSPS) is 15.6. The van der Waals surface area contributed by atoms with Crippen molar-refractivity contribution in [1.82, 2.24) is 10.2 Å². The number of ether oxygens (including phenoxy) is 1. The molecule has 1 N–H and O–H groups in total. The highest BCUT2D eigenvalue weighted by Crippen LogP contribution is 2.36. The number of amides is 1. The highest BCUT2D eigenvalue weighted by atomic mass is 35.5. The highest BCUT2D eigenvalue weighted by Gasteiger charge is 2.25. The van der Waals surface area contributed by atoms with Gasteiger partial charge in [0.1, 0.15) is 10.6 Å². The lowest BCUT2D eigenvalue weighted by Gasteiger charge is -2.28. The van der Waals surface area contributed by atoms with E-state index in [9.17, 15) is 4.79 Å². The molecule has 1 fully saturated rings. The second kappa shape index (κ2) is 8.74. The van der Waals surface area contributed by atoms with Crippen LogP contribution in [0.1, 0.15) is 39.7 Å². The lowest BCUT2D eigenvalue weighted by Crippen LogP contribution is -2.36. The van der Waals surface area contributed by atoms with Crippen LogP contribution in [-0.4, -0.2) is 37.6 Å². The Labute approximate surface area is 180 Å². The predicted octanol–water partition coefficient (Wildman–Crippen LogP) is 5.44. The number of hydrogen-bond donors (Lipinski definition) is 1. The van der Waals surface area contributed by atoms with E-state index in [0.29, 0.717) is 16.4 Å². The topological polar surface area (TPSA) is 41.6 Å². The summed E-state index contributed by atoms with van der Waals surface area (Å²) in [5, 5.41) is 4.62. The molecule has 4 rings (SSSR count). The fourth-order valence-corrected chi connectivity index (χ4v) is 5.46. The molecule has 1 saturated heterocycles. The molecule has 1 atom stereocenters. The molecule has 0 bridgehead atoms. The third-order valence-electron chi connectivity index (χ3n) is 5.53. The first-order chi connectivity index (χ1) is 14.1. The molecular formula is C23H25ClN2O2S. The van der Waals surface area contributed by atoms with E-state index >= 15 is 0 Å². The van der Waals surface area contributed by atoms with Crippen molar-refractivity contribution in [2.75, 3.05) is 26.7 Å². The number of fused-ring (bicyclic) bond motifs is 1. The number of carbonyl (C=O) groups is 1. The Balaban J connectivity index is 1.53. The van der Waals surface area contributed by atoms with Gasteiger partial charge in [0, 0.05) is 16.6 Å². The first-order valence-corrected chi connectivity index (χ1v) is 11.1. The van der Waals surface area contributed by atoms with Crippen molar-refractivity contribution in [1.29, 1.82) is 0 Å². The number of rotatable bonds is 6. The molecule has 1 aliphatic rings. The van der Waals surface area contributed by atoms with Crippen LogP contribution in [0, 0.1) is 6.92 Å². The van der Waals surface area contributed by atoms with Crippen molar-refractivity contribution in [3.63, 3.8) is 0 Å². The molecule has 4 nitrogen and oxygen atoms in total. The number of halogens is 1. The number of thiophene rings is 1. The van der Waals surface area contributed by atoms with Crippen molar-refractivity contribution in [3.05, 3.63) is 63.5 Å². The monoisotopic (exact) mass is 428 g/mol. The number of carbonyl (C=O) groups excluding carboxylic acids is 1. The number of nitrogens with zero attached hydrogens (tertiary/aromatic N) is 1. The van der Waals surface area contributed by atoms with Gasteiger partial charge in [-0.2, -0.15) is 0 Å². The van der Waals surface area contributed by atoms with Crippen LogP contribution in [0.4, 0.5) is 0 Å². The SMILES string of the molecule is COc1ccc([C@H](CNC(=O)c2sc3cc(C)ccc3c2Cl)N2CCCC2)cc1. The maximum Gasteiger partial charge on any atom is 0.262 e. The molecule has 1 amide bonds. The van der Waals surface area contributed by atoms with Crippen LogP contribution in [0.2, 0.25) is 5.02 Å². The lowest BCUT2D eigenvalue weighted by atomic mass is 10.1. The molecule has 1 aromatic heterocycles. The Hall–Kier alpha value is -2.08. The minimum Gasteiger partial charge on any atom is -0.497 e. The van der Waals surface area contributed by atoms with Crippen LogP contribution in [0.15, 0.2) is 42.5 Å². The van der Waals surface area contributed by atoms with Gasteiger partial charge in [-0.3, -0.25) is 9.69 Å². The summed E-state index contributed by atoms with van der Waals surface area (Å²) in [6, 6.07) is 14.4. The Kier molecular flexibility index (Phi) is 6.09. The zero-order valence-electron chi connectivity index (χ0n) is 16.7. The largest absolute Gasteiger partial charge is 0.497 e. The summed E-state index contributed by atoms with van der Waals surface area (Å²) in [6.45, 7) is 4.70. The van der Waals surface area contributed by atoms with Gasteiger partial charge in [0.2, 0.25) is 0 Å². The molecule has 0 spiro atoms. The maximum atomic E-state index is 12.9. The second-order valence-corrected chi connectivity index (χ2v) is 8.92. The third kappa shape index (κ3) is 4.27. The molecule has 1 aliphatic heterocycles. The van der Waals surface area contributed by atoms with Gasteiger partial charge in [-0.05, 0) is 62.2 Å². The number of likely N-dealkylation sites (tertiary alicyclic amines) is 1. The predicted molar refractivity (Wildman–Crippen MR) is 120 cm³/mol. The van der Waals surface area contributed by atoms with E-state index in [1.165, 1.54) is 29.7 Å². The van der Waals surface area contributed by atoms with Gasteiger partial charge in [-0.25, -0.2) is 0 Å². The van der Waals surface area contributed by atoms with Crippen LogP contribution in [0.5, 0.6) is 5.75 Å². The average Bonchev–Trinajstić information content (AvgIpc) is 3.37. The summed E-state index contributed by atoms with van der Waals surface area (Å²) in [6.07, 6.45) is 2.39. The molecule has 2 aromatic carbocycles. The smallest absolute Gasteiger partial charge is 0.262 e. The van der Waals surface area contributed by atoms with Crippen molar-refractivity contribution in [3.8, 4) is 5.75 Å². The number of methoxy groups -OCH3 is 1. The average molecular weight is 429 g/mol. The highest BCUT2D eigenvalue weighted by molar-refractivity contribution is 7.21. The Morgan fingerprint density at radius 2 is 1.93 bits per heavy atom. The Morgan fingerprint density at radius 1 is 1.21 bits per heavy atom. The van der Waals surface area contributed by atoms with Crippen molar-refractivity contribution in [2.24, 2.45) is 0 Å². The van der Waals surface area contributed by atoms with Crippen LogP contribution in [-0.2, 0) is 0 Å². The van der Waals surface area contributed by atoms with Crippen LogP contribution >= 0.6 is 22.9 Å². The van der Waals surface area contributed by atoms with Gasteiger partial charge in [0.25, 0.3) is 5.91 Å². The quantitative estimate of drug-likeness (QED) is 0.568. The van der Waals surface area contributed by atoms with Gasteiger partial charge in [0.05, 0.1) is 18.2 Å². The van der Waals surface area contributed by atoms with Gasteiger partial charge in [-0.1, -0.05) is 35.9 Å². The molecule has 0 unspecified atom stereocenters. The number of nitrogens with one attached hydrogen (secondary N) is 1. The summed E-state index contributed by atoms with van der Waals surface area (Å²) in [4.78, 5) is 16.0. The van der Waals surface area contributed by atoms with E-state index in [1.807, 2.05) is 31.2 Å². The van der Waals surface area contributed by atoms with Crippen LogP contribution in [0.25, 0.3) is 10.1 Å². The summed E-state index contributed by atoms with van der Waals surface area (Å²) in [5.41, 5.74) is 2.35. The fourth-order valence-electron chi connectivity index (χ4n) is 3.93. The summed E-state index contributed by atoms with van der Waals surface area (Å²) in [5.74, 6) is 0.733.